The van der Waals surface area contributed by atoms with Crippen molar-refractivity contribution in [1.29, 1.82) is 0 Å². The third kappa shape index (κ3) is 3.63. The average molecular weight is 317 g/mol. The molecule has 9 heteroatoms. The lowest BCUT2D eigenvalue weighted by atomic mass is 10.2. The molecule has 1 heterocycles. The van der Waals surface area contributed by atoms with E-state index in [1.807, 2.05) is 0 Å². The Balaban J connectivity index is 2.23. The van der Waals surface area contributed by atoms with Crippen molar-refractivity contribution in [1.82, 2.24) is 4.98 Å². The Morgan fingerprint density at radius 2 is 1.67 bits per heavy atom. The van der Waals surface area contributed by atoms with Crippen LogP contribution in [0.4, 0.5) is 24.7 Å². The van der Waals surface area contributed by atoms with Crippen LogP contribution in [-0.2, 0) is 16.2 Å². The van der Waals surface area contributed by atoms with Crippen LogP contribution in [0.1, 0.15) is 5.56 Å². The van der Waals surface area contributed by atoms with Gasteiger partial charge in [0.1, 0.15) is 10.7 Å². The number of aromatic nitrogens is 1. The molecular formula is C12H10F3N3O2S. The lowest BCUT2D eigenvalue weighted by Gasteiger charge is -2.10. The first-order valence-corrected chi connectivity index (χ1v) is 7.08. The highest BCUT2D eigenvalue weighted by molar-refractivity contribution is 7.92. The summed E-state index contributed by atoms with van der Waals surface area (Å²) in [6, 6.07) is 6.20. The maximum atomic E-state index is 12.4. The molecule has 21 heavy (non-hydrogen) atoms. The van der Waals surface area contributed by atoms with Gasteiger partial charge in [0, 0.05) is 11.9 Å². The van der Waals surface area contributed by atoms with Crippen LogP contribution >= 0.6 is 0 Å². The van der Waals surface area contributed by atoms with E-state index in [-0.39, 0.29) is 16.4 Å². The van der Waals surface area contributed by atoms with Gasteiger partial charge in [-0.1, -0.05) is 0 Å². The molecule has 0 aliphatic rings. The molecule has 2 aromatic rings. The number of halogens is 3. The molecule has 0 aliphatic carbocycles. The van der Waals surface area contributed by atoms with Gasteiger partial charge in [-0.25, -0.2) is 13.4 Å². The molecule has 0 amide bonds. The van der Waals surface area contributed by atoms with Gasteiger partial charge in [0.15, 0.2) is 0 Å². The van der Waals surface area contributed by atoms with Crippen molar-refractivity contribution in [2.75, 3.05) is 10.5 Å². The average Bonchev–Trinajstić information content (AvgIpc) is 2.38. The molecule has 112 valence electrons. The van der Waals surface area contributed by atoms with Crippen molar-refractivity contribution in [2.45, 2.75) is 11.1 Å². The van der Waals surface area contributed by atoms with E-state index in [2.05, 4.69) is 9.71 Å². The lowest BCUT2D eigenvalue weighted by Crippen LogP contribution is -2.13. The minimum Gasteiger partial charge on any atom is -0.384 e. The van der Waals surface area contributed by atoms with Crippen molar-refractivity contribution in [3.63, 3.8) is 0 Å². The fraction of sp³-hybridized carbons (Fsp3) is 0.0833. The van der Waals surface area contributed by atoms with Gasteiger partial charge in [-0.05, 0) is 36.4 Å². The van der Waals surface area contributed by atoms with Gasteiger partial charge >= 0.3 is 6.18 Å². The monoisotopic (exact) mass is 317 g/mol. The van der Waals surface area contributed by atoms with Crippen LogP contribution in [0.25, 0.3) is 0 Å². The van der Waals surface area contributed by atoms with Gasteiger partial charge in [-0.15, -0.1) is 0 Å². The maximum Gasteiger partial charge on any atom is 0.416 e. The van der Waals surface area contributed by atoms with Crippen molar-refractivity contribution < 1.29 is 21.6 Å². The van der Waals surface area contributed by atoms with Crippen LogP contribution in [0.15, 0.2) is 47.5 Å². The fourth-order valence-corrected chi connectivity index (χ4v) is 2.49. The van der Waals surface area contributed by atoms with Gasteiger partial charge in [0.25, 0.3) is 10.0 Å². The quantitative estimate of drug-likeness (QED) is 0.911. The van der Waals surface area contributed by atoms with Crippen molar-refractivity contribution in [2.24, 2.45) is 0 Å². The standard InChI is InChI=1S/C12H10F3N3O2S/c13-12(14,15)8-1-3-9(4-2-8)18-21(19,20)10-5-6-11(16)17-7-10/h1-7,18H,(H2,16,17). The Kier molecular flexibility index (Phi) is 3.77. The molecule has 1 aromatic heterocycles. The predicted octanol–water partition coefficient (Wildman–Crippen LogP) is 2.48. The number of hydrogen-bond acceptors (Lipinski definition) is 4. The van der Waals surface area contributed by atoms with Crippen LogP contribution in [0.5, 0.6) is 0 Å². The molecule has 0 spiro atoms. The Morgan fingerprint density at radius 1 is 1.05 bits per heavy atom. The zero-order valence-electron chi connectivity index (χ0n) is 10.4. The summed E-state index contributed by atoms with van der Waals surface area (Å²) in [7, 11) is -3.93. The van der Waals surface area contributed by atoms with E-state index < -0.39 is 21.8 Å². The van der Waals surface area contributed by atoms with Crippen LogP contribution < -0.4 is 10.5 Å². The smallest absolute Gasteiger partial charge is 0.384 e. The second-order valence-electron chi connectivity index (χ2n) is 4.10. The molecule has 0 radical (unpaired) electrons. The summed E-state index contributed by atoms with van der Waals surface area (Å²) < 4.78 is 63.3. The minimum atomic E-state index is -4.47. The highest BCUT2D eigenvalue weighted by Crippen LogP contribution is 2.30. The van der Waals surface area contributed by atoms with E-state index in [1.165, 1.54) is 12.1 Å². The van der Waals surface area contributed by atoms with Gasteiger partial charge in [0.2, 0.25) is 0 Å². The van der Waals surface area contributed by atoms with E-state index in [9.17, 15) is 21.6 Å². The van der Waals surface area contributed by atoms with Gasteiger partial charge < -0.3 is 5.73 Å². The van der Waals surface area contributed by atoms with Crippen LogP contribution in [0.2, 0.25) is 0 Å². The number of anilines is 2. The summed E-state index contributed by atoms with van der Waals surface area (Å²) in [5, 5.41) is 0. The Morgan fingerprint density at radius 3 is 2.14 bits per heavy atom. The first-order valence-electron chi connectivity index (χ1n) is 5.60. The van der Waals surface area contributed by atoms with E-state index >= 15 is 0 Å². The van der Waals surface area contributed by atoms with E-state index in [0.717, 1.165) is 30.5 Å². The van der Waals surface area contributed by atoms with Gasteiger partial charge in [-0.2, -0.15) is 13.2 Å². The second-order valence-corrected chi connectivity index (χ2v) is 5.78. The van der Waals surface area contributed by atoms with Crippen LogP contribution in [0, 0.1) is 0 Å². The summed E-state index contributed by atoms with van der Waals surface area (Å²) in [4.78, 5) is 3.50. The van der Waals surface area contributed by atoms with Gasteiger partial charge in [-0.3, -0.25) is 4.72 Å². The molecule has 0 bridgehead atoms. The summed E-state index contributed by atoms with van der Waals surface area (Å²) in [6.07, 6.45) is -3.42. The normalized spacial score (nSPS) is 12.1. The van der Waals surface area contributed by atoms with Gasteiger partial charge in [0.05, 0.1) is 5.56 Å². The number of nitrogens with zero attached hydrogens (tertiary/aromatic N) is 1. The first-order chi connectivity index (χ1) is 9.68. The van der Waals surface area contributed by atoms with Crippen molar-refractivity contribution >= 4 is 21.5 Å². The lowest BCUT2D eigenvalue weighted by molar-refractivity contribution is -0.137. The fourth-order valence-electron chi connectivity index (χ4n) is 1.49. The molecule has 3 N–H and O–H groups in total. The van der Waals surface area contributed by atoms with Crippen LogP contribution in [-0.4, -0.2) is 13.4 Å². The molecule has 0 atom stereocenters. The number of benzene rings is 1. The molecule has 0 saturated carbocycles. The van der Waals surface area contributed by atoms with E-state index in [1.54, 1.807) is 0 Å². The molecule has 0 saturated heterocycles. The summed E-state index contributed by atoms with van der Waals surface area (Å²) in [6.45, 7) is 0. The zero-order chi connectivity index (χ0) is 15.7. The maximum absolute atomic E-state index is 12.4. The summed E-state index contributed by atoms with van der Waals surface area (Å²) in [5.74, 6) is 0.156. The molecule has 0 fully saturated rings. The number of nitrogens with two attached hydrogens (primary N) is 1. The Labute approximate surface area is 118 Å². The molecule has 1 aromatic carbocycles. The van der Waals surface area contributed by atoms with E-state index in [0.29, 0.717) is 0 Å². The molecule has 5 nitrogen and oxygen atoms in total. The SMILES string of the molecule is Nc1ccc(S(=O)(=O)Nc2ccc(C(F)(F)F)cc2)cn1. The first kappa shape index (κ1) is 15.1. The molecule has 0 unspecified atom stereocenters. The number of sulfonamides is 1. The third-order valence-electron chi connectivity index (χ3n) is 2.53. The highest BCUT2D eigenvalue weighted by atomic mass is 32.2. The number of rotatable bonds is 3. The molecule has 2 rings (SSSR count). The second kappa shape index (κ2) is 5.24. The number of alkyl halides is 3. The third-order valence-corrected chi connectivity index (χ3v) is 3.90. The van der Waals surface area contributed by atoms with Crippen molar-refractivity contribution in [3.05, 3.63) is 48.2 Å². The summed E-state index contributed by atoms with van der Waals surface area (Å²) >= 11 is 0. The molecular weight excluding hydrogens is 307 g/mol. The predicted molar refractivity (Wildman–Crippen MR) is 70.9 cm³/mol. The topological polar surface area (TPSA) is 85.1 Å². The largest absolute Gasteiger partial charge is 0.416 e. The number of nitrogens with one attached hydrogen (secondary N) is 1. The minimum absolute atomic E-state index is 0.0137. The van der Waals surface area contributed by atoms with Crippen LogP contribution in [0.3, 0.4) is 0 Å². The number of nitrogen functional groups attached to an aromatic ring is 1. The number of hydrogen-bond donors (Lipinski definition) is 2. The number of pyridine rings is 1. The Bertz CT molecular complexity index is 726. The van der Waals surface area contributed by atoms with E-state index in [4.69, 9.17) is 5.73 Å². The zero-order valence-corrected chi connectivity index (χ0v) is 11.2. The summed E-state index contributed by atoms with van der Waals surface area (Å²) in [5.41, 5.74) is 4.50. The highest BCUT2D eigenvalue weighted by Gasteiger charge is 2.30. The Hall–Kier alpha value is -2.29. The molecule has 0 aliphatic heterocycles. The van der Waals surface area contributed by atoms with Crippen molar-refractivity contribution in [3.8, 4) is 0 Å².